The summed E-state index contributed by atoms with van der Waals surface area (Å²) < 4.78 is 5.19. The Labute approximate surface area is 111 Å². The minimum absolute atomic E-state index is 0.283. The fourth-order valence-corrected chi connectivity index (χ4v) is 2.46. The maximum Gasteiger partial charge on any atom is 0.310 e. The lowest BCUT2D eigenvalue weighted by Crippen LogP contribution is -2.44. The van der Waals surface area contributed by atoms with Crippen LogP contribution in [-0.4, -0.2) is 33.7 Å². The average Bonchev–Trinajstić information content (AvgIpc) is 2.25. The Bertz CT molecular complexity index is 381. The molecule has 0 spiro atoms. The Hall–Kier alpha value is -1.59. The molecule has 3 unspecified atom stereocenters. The zero-order valence-electron chi connectivity index (χ0n) is 11.4. The summed E-state index contributed by atoms with van der Waals surface area (Å²) in [6.07, 6.45) is 1.16. The first kappa shape index (κ1) is 15.5. The van der Waals surface area contributed by atoms with Gasteiger partial charge in [-0.25, -0.2) is 0 Å². The second-order valence-corrected chi connectivity index (χ2v) is 5.88. The van der Waals surface area contributed by atoms with Crippen LogP contribution in [0.4, 0.5) is 0 Å². The molecule has 0 amide bonds. The van der Waals surface area contributed by atoms with Crippen LogP contribution < -0.4 is 0 Å². The van der Waals surface area contributed by atoms with E-state index in [2.05, 4.69) is 0 Å². The first-order valence-corrected chi connectivity index (χ1v) is 6.32. The van der Waals surface area contributed by atoms with Crippen molar-refractivity contribution in [1.29, 1.82) is 0 Å². The van der Waals surface area contributed by atoms with Crippen molar-refractivity contribution in [2.75, 3.05) is 0 Å². The summed E-state index contributed by atoms with van der Waals surface area (Å²) in [7, 11) is 0. The summed E-state index contributed by atoms with van der Waals surface area (Å²) in [5.74, 6) is -6.15. The van der Waals surface area contributed by atoms with Crippen LogP contribution in [0.2, 0.25) is 0 Å². The highest BCUT2D eigenvalue weighted by molar-refractivity contribution is 5.86. The van der Waals surface area contributed by atoms with Gasteiger partial charge >= 0.3 is 17.9 Å². The Balaban J connectivity index is 2.93. The average molecular weight is 272 g/mol. The molecule has 2 N–H and O–H groups in total. The van der Waals surface area contributed by atoms with E-state index in [-0.39, 0.29) is 6.42 Å². The van der Waals surface area contributed by atoms with Gasteiger partial charge in [0.15, 0.2) is 0 Å². The van der Waals surface area contributed by atoms with Crippen molar-refractivity contribution in [2.24, 2.45) is 17.8 Å². The number of hydrogen-bond donors (Lipinski definition) is 2. The molecule has 19 heavy (non-hydrogen) atoms. The molecular formula is C13H20O6. The first-order chi connectivity index (χ1) is 8.63. The van der Waals surface area contributed by atoms with E-state index in [1.807, 2.05) is 0 Å². The third-order valence-electron chi connectivity index (χ3n) is 3.21. The second kappa shape index (κ2) is 5.59. The molecule has 0 aromatic rings. The number of ether oxygens (including phenoxy) is 1. The van der Waals surface area contributed by atoms with Crippen molar-refractivity contribution in [3.05, 3.63) is 0 Å². The van der Waals surface area contributed by atoms with E-state index in [9.17, 15) is 19.5 Å². The molecule has 0 aromatic heterocycles. The minimum atomic E-state index is -1.25. The van der Waals surface area contributed by atoms with Gasteiger partial charge in [-0.15, -0.1) is 0 Å². The molecule has 0 saturated heterocycles. The van der Waals surface area contributed by atoms with Crippen molar-refractivity contribution in [1.82, 2.24) is 0 Å². The van der Waals surface area contributed by atoms with Crippen LogP contribution in [0.15, 0.2) is 0 Å². The molecule has 0 aliphatic heterocycles. The van der Waals surface area contributed by atoms with Crippen LogP contribution in [0.5, 0.6) is 0 Å². The van der Waals surface area contributed by atoms with Gasteiger partial charge in [-0.3, -0.25) is 14.4 Å². The Morgan fingerprint density at radius 2 is 1.53 bits per heavy atom. The zero-order chi connectivity index (χ0) is 14.8. The third kappa shape index (κ3) is 3.94. The molecule has 0 aromatic carbocycles. The highest BCUT2D eigenvalue weighted by Gasteiger charge is 2.46. The third-order valence-corrected chi connectivity index (χ3v) is 3.21. The number of esters is 1. The smallest absolute Gasteiger partial charge is 0.310 e. The van der Waals surface area contributed by atoms with Gasteiger partial charge in [-0.05, 0) is 33.6 Å². The van der Waals surface area contributed by atoms with Gasteiger partial charge < -0.3 is 14.9 Å². The number of rotatable bonds is 3. The number of carboxylic acids is 2. The van der Waals surface area contributed by atoms with Crippen molar-refractivity contribution >= 4 is 17.9 Å². The number of carbonyl (C=O) groups excluding carboxylic acids is 1. The molecule has 6 nitrogen and oxygen atoms in total. The van der Waals surface area contributed by atoms with Crippen LogP contribution in [-0.2, 0) is 19.1 Å². The predicted molar refractivity (Wildman–Crippen MR) is 65.4 cm³/mol. The van der Waals surface area contributed by atoms with Crippen molar-refractivity contribution in [3.63, 3.8) is 0 Å². The summed E-state index contributed by atoms with van der Waals surface area (Å²) in [5.41, 5.74) is -0.712. The SMILES string of the molecule is CC(C)(C)OC(=O)C1CCCC(C(=O)O)C1C(=O)O. The van der Waals surface area contributed by atoms with Crippen LogP contribution in [0.3, 0.4) is 0 Å². The van der Waals surface area contributed by atoms with Gasteiger partial charge in [0.25, 0.3) is 0 Å². The molecule has 6 heteroatoms. The fraction of sp³-hybridized carbons (Fsp3) is 0.769. The maximum atomic E-state index is 12.0. The summed E-state index contributed by atoms with van der Waals surface area (Å²) in [4.78, 5) is 34.4. The van der Waals surface area contributed by atoms with Crippen LogP contribution in [0.25, 0.3) is 0 Å². The Morgan fingerprint density at radius 1 is 1.00 bits per heavy atom. The summed E-state index contributed by atoms with van der Waals surface area (Å²) in [5, 5.41) is 18.3. The molecule has 3 atom stereocenters. The molecule has 1 rings (SSSR count). The molecule has 0 heterocycles. The van der Waals surface area contributed by atoms with Gasteiger partial charge in [0.05, 0.1) is 17.8 Å². The number of carboxylic acid groups (broad SMARTS) is 2. The van der Waals surface area contributed by atoms with Crippen molar-refractivity contribution < 1.29 is 29.3 Å². The van der Waals surface area contributed by atoms with E-state index >= 15 is 0 Å². The quantitative estimate of drug-likeness (QED) is 0.755. The lowest BCUT2D eigenvalue weighted by molar-refractivity contribution is -0.173. The largest absolute Gasteiger partial charge is 0.481 e. The minimum Gasteiger partial charge on any atom is -0.481 e. The van der Waals surface area contributed by atoms with Crippen LogP contribution >= 0.6 is 0 Å². The van der Waals surface area contributed by atoms with Crippen molar-refractivity contribution in [3.8, 4) is 0 Å². The van der Waals surface area contributed by atoms with E-state index in [0.717, 1.165) is 0 Å². The Morgan fingerprint density at radius 3 is 1.95 bits per heavy atom. The zero-order valence-corrected chi connectivity index (χ0v) is 11.4. The van der Waals surface area contributed by atoms with Gasteiger partial charge in [0.2, 0.25) is 0 Å². The lowest BCUT2D eigenvalue weighted by atomic mass is 9.72. The highest BCUT2D eigenvalue weighted by atomic mass is 16.6. The van der Waals surface area contributed by atoms with E-state index in [4.69, 9.17) is 9.84 Å². The van der Waals surface area contributed by atoms with Crippen molar-refractivity contribution in [2.45, 2.75) is 45.6 Å². The topological polar surface area (TPSA) is 101 Å². The number of carbonyl (C=O) groups is 3. The van der Waals surface area contributed by atoms with Gasteiger partial charge in [-0.1, -0.05) is 6.42 Å². The standard InChI is InChI=1S/C13H20O6/c1-13(2,3)19-12(18)8-6-4-5-7(10(14)15)9(8)11(16)17/h7-9H,4-6H2,1-3H3,(H,14,15)(H,16,17). The van der Waals surface area contributed by atoms with Crippen LogP contribution in [0, 0.1) is 17.8 Å². The lowest BCUT2D eigenvalue weighted by Gasteiger charge is -2.33. The second-order valence-electron chi connectivity index (χ2n) is 5.88. The molecule has 108 valence electrons. The molecule has 1 saturated carbocycles. The number of hydrogen-bond acceptors (Lipinski definition) is 4. The number of aliphatic carboxylic acids is 2. The summed E-state index contributed by atoms with van der Waals surface area (Å²) >= 11 is 0. The molecule has 0 bridgehead atoms. The molecule has 1 fully saturated rings. The maximum absolute atomic E-state index is 12.0. The van der Waals surface area contributed by atoms with Crippen LogP contribution in [0.1, 0.15) is 40.0 Å². The molecule has 1 aliphatic carbocycles. The molecule has 1 aliphatic rings. The van der Waals surface area contributed by atoms with E-state index in [1.165, 1.54) is 0 Å². The monoisotopic (exact) mass is 272 g/mol. The predicted octanol–water partition coefficient (Wildman–Crippen LogP) is 1.53. The summed E-state index contributed by atoms with van der Waals surface area (Å²) in [6.45, 7) is 5.08. The Kier molecular flexibility index (Phi) is 4.55. The molecular weight excluding hydrogens is 252 g/mol. The fourth-order valence-electron chi connectivity index (χ4n) is 2.46. The van der Waals surface area contributed by atoms with E-state index < -0.39 is 41.3 Å². The van der Waals surface area contributed by atoms with E-state index in [0.29, 0.717) is 12.8 Å². The highest BCUT2D eigenvalue weighted by Crippen LogP contribution is 2.36. The summed E-state index contributed by atoms with van der Waals surface area (Å²) in [6, 6.07) is 0. The first-order valence-electron chi connectivity index (χ1n) is 6.32. The molecule has 0 radical (unpaired) electrons. The normalized spacial score (nSPS) is 27.6. The van der Waals surface area contributed by atoms with Gasteiger partial charge in [0, 0.05) is 0 Å². The van der Waals surface area contributed by atoms with Gasteiger partial charge in [0.1, 0.15) is 5.60 Å². The van der Waals surface area contributed by atoms with Gasteiger partial charge in [-0.2, -0.15) is 0 Å². The van der Waals surface area contributed by atoms with E-state index in [1.54, 1.807) is 20.8 Å².